The average Bonchev–Trinajstić information content (AvgIpc) is 2.39. The van der Waals surface area contributed by atoms with Crippen LogP contribution in [-0.4, -0.2) is 23.1 Å². The van der Waals surface area contributed by atoms with Gasteiger partial charge < -0.3 is 15.2 Å². The van der Waals surface area contributed by atoms with E-state index < -0.39 is 0 Å². The van der Waals surface area contributed by atoms with E-state index in [1.165, 1.54) is 6.07 Å². The Morgan fingerprint density at radius 3 is 2.75 bits per heavy atom. The highest BCUT2D eigenvalue weighted by molar-refractivity contribution is 5.90. The number of pyridine rings is 1. The summed E-state index contributed by atoms with van der Waals surface area (Å²) in [5, 5.41) is 6.10. The van der Waals surface area contributed by atoms with Crippen molar-refractivity contribution in [2.45, 2.75) is 52.6 Å². The zero-order chi connectivity index (χ0) is 15.0. The largest absolute Gasteiger partial charge is 0.325 e. The molecule has 1 aromatic heterocycles. The van der Waals surface area contributed by atoms with Crippen molar-refractivity contribution in [1.82, 2.24) is 9.88 Å². The fraction of sp³-hybridized carbons (Fsp3) is 0.600. The topological polar surface area (TPSA) is 63.1 Å². The van der Waals surface area contributed by atoms with Gasteiger partial charge in [-0.05, 0) is 25.5 Å². The number of aryl methyl sites for hydroxylation is 1. The molecule has 0 aromatic carbocycles. The maximum absolute atomic E-state index is 11.8. The molecule has 1 amide bonds. The minimum absolute atomic E-state index is 0.0164. The first-order valence-corrected chi connectivity index (χ1v) is 7.26. The molecular formula is C15H25N3O2. The van der Waals surface area contributed by atoms with Gasteiger partial charge >= 0.3 is 0 Å². The van der Waals surface area contributed by atoms with Crippen LogP contribution in [0.5, 0.6) is 0 Å². The van der Waals surface area contributed by atoms with Gasteiger partial charge in [0, 0.05) is 31.3 Å². The van der Waals surface area contributed by atoms with E-state index in [1.807, 2.05) is 6.92 Å². The van der Waals surface area contributed by atoms with Crippen LogP contribution in [0, 0.1) is 0 Å². The van der Waals surface area contributed by atoms with Crippen LogP contribution >= 0.6 is 0 Å². The number of hydrogen-bond acceptors (Lipinski definition) is 3. The molecule has 0 bridgehead atoms. The predicted octanol–water partition coefficient (Wildman–Crippen LogP) is 1.98. The highest BCUT2D eigenvalue weighted by Crippen LogP contribution is 2.05. The van der Waals surface area contributed by atoms with Crippen molar-refractivity contribution >= 4 is 11.6 Å². The molecule has 1 rings (SSSR count). The van der Waals surface area contributed by atoms with Crippen molar-refractivity contribution in [3.63, 3.8) is 0 Å². The van der Waals surface area contributed by atoms with Crippen LogP contribution in [0.2, 0.25) is 0 Å². The quantitative estimate of drug-likeness (QED) is 0.715. The second-order valence-corrected chi connectivity index (χ2v) is 5.21. The van der Waals surface area contributed by atoms with Gasteiger partial charge in [0.1, 0.15) is 0 Å². The molecule has 0 aliphatic heterocycles. The minimum atomic E-state index is -0.0361. The predicted molar refractivity (Wildman–Crippen MR) is 82.0 cm³/mol. The maximum Gasteiger partial charge on any atom is 0.250 e. The fourth-order valence-electron chi connectivity index (χ4n) is 1.88. The van der Waals surface area contributed by atoms with E-state index in [0.717, 1.165) is 19.4 Å². The smallest absolute Gasteiger partial charge is 0.250 e. The van der Waals surface area contributed by atoms with Gasteiger partial charge in [-0.1, -0.05) is 20.8 Å². The molecule has 5 nitrogen and oxygen atoms in total. The van der Waals surface area contributed by atoms with E-state index >= 15 is 0 Å². The number of aromatic nitrogens is 1. The van der Waals surface area contributed by atoms with Crippen LogP contribution < -0.4 is 16.2 Å². The Balaban J connectivity index is 2.45. The van der Waals surface area contributed by atoms with Crippen LogP contribution in [0.1, 0.15) is 40.0 Å². The first-order valence-electron chi connectivity index (χ1n) is 7.26. The van der Waals surface area contributed by atoms with E-state index in [1.54, 1.807) is 16.8 Å². The second-order valence-electron chi connectivity index (χ2n) is 5.21. The van der Waals surface area contributed by atoms with Crippen LogP contribution in [0.15, 0.2) is 23.1 Å². The van der Waals surface area contributed by atoms with Crippen LogP contribution in [0.4, 0.5) is 5.69 Å². The van der Waals surface area contributed by atoms with Crippen LogP contribution in [-0.2, 0) is 11.3 Å². The summed E-state index contributed by atoms with van der Waals surface area (Å²) in [7, 11) is 0. The lowest BCUT2D eigenvalue weighted by molar-refractivity contribution is -0.116. The van der Waals surface area contributed by atoms with E-state index in [0.29, 0.717) is 24.7 Å². The summed E-state index contributed by atoms with van der Waals surface area (Å²) in [6.45, 7) is 7.68. The summed E-state index contributed by atoms with van der Waals surface area (Å²) in [6, 6.07) is 3.58. The SMILES string of the molecule is CCCn1cc(NC(=O)CCCNC(C)C)ccc1=O. The minimum Gasteiger partial charge on any atom is -0.325 e. The van der Waals surface area contributed by atoms with Crippen molar-refractivity contribution in [1.29, 1.82) is 0 Å². The number of carbonyl (C=O) groups excluding carboxylic acids is 1. The molecule has 0 saturated carbocycles. The number of hydrogen-bond donors (Lipinski definition) is 2. The number of rotatable bonds is 8. The molecule has 1 heterocycles. The molecule has 0 atom stereocenters. The zero-order valence-electron chi connectivity index (χ0n) is 12.6. The van der Waals surface area contributed by atoms with Crippen molar-refractivity contribution < 1.29 is 4.79 Å². The molecule has 2 N–H and O–H groups in total. The Labute approximate surface area is 120 Å². The van der Waals surface area contributed by atoms with Gasteiger partial charge in [0.05, 0.1) is 5.69 Å². The molecular weight excluding hydrogens is 254 g/mol. The molecule has 0 saturated heterocycles. The molecule has 1 aromatic rings. The second kappa shape index (κ2) is 8.53. The van der Waals surface area contributed by atoms with Gasteiger partial charge in [-0.25, -0.2) is 0 Å². The van der Waals surface area contributed by atoms with E-state index in [2.05, 4.69) is 24.5 Å². The Kier molecular flexibility index (Phi) is 7.01. The van der Waals surface area contributed by atoms with E-state index in [-0.39, 0.29) is 11.5 Å². The normalized spacial score (nSPS) is 10.8. The highest BCUT2D eigenvalue weighted by Gasteiger charge is 2.04. The highest BCUT2D eigenvalue weighted by atomic mass is 16.1. The van der Waals surface area contributed by atoms with Crippen LogP contribution in [0.25, 0.3) is 0 Å². The first-order chi connectivity index (χ1) is 9.52. The van der Waals surface area contributed by atoms with Gasteiger partial charge in [0.2, 0.25) is 5.91 Å². The van der Waals surface area contributed by atoms with Crippen molar-refractivity contribution in [3.8, 4) is 0 Å². The summed E-state index contributed by atoms with van der Waals surface area (Å²) in [5.41, 5.74) is 0.644. The number of anilines is 1. The van der Waals surface area contributed by atoms with Gasteiger partial charge in [-0.15, -0.1) is 0 Å². The summed E-state index contributed by atoms with van der Waals surface area (Å²) in [5.74, 6) is -0.0164. The molecule has 0 unspecified atom stereocenters. The number of carbonyl (C=O) groups is 1. The summed E-state index contributed by atoms with van der Waals surface area (Å²) >= 11 is 0. The third-order valence-corrected chi connectivity index (χ3v) is 2.86. The Hall–Kier alpha value is -1.62. The summed E-state index contributed by atoms with van der Waals surface area (Å²) < 4.78 is 1.62. The summed E-state index contributed by atoms with van der Waals surface area (Å²) in [4.78, 5) is 23.3. The third-order valence-electron chi connectivity index (χ3n) is 2.86. The fourth-order valence-corrected chi connectivity index (χ4v) is 1.88. The molecule has 112 valence electrons. The number of amides is 1. The number of nitrogens with one attached hydrogen (secondary N) is 2. The monoisotopic (exact) mass is 279 g/mol. The molecule has 5 heteroatoms. The molecule has 0 aliphatic rings. The Bertz CT molecular complexity index is 480. The van der Waals surface area contributed by atoms with Crippen LogP contribution in [0.3, 0.4) is 0 Å². The van der Waals surface area contributed by atoms with Crippen molar-refractivity contribution in [2.75, 3.05) is 11.9 Å². The molecule has 0 spiro atoms. The van der Waals surface area contributed by atoms with Gasteiger partial charge in [0.15, 0.2) is 0 Å². The van der Waals surface area contributed by atoms with Crippen molar-refractivity contribution in [2.24, 2.45) is 0 Å². The standard InChI is InChI=1S/C15H25N3O2/c1-4-10-18-11-13(7-8-15(18)20)17-14(19)6-5-9-16-12(2)3/h7-8,11-12,16H,4-6,9-10H2,1-3H3,(H,17,19). The average molecular weight is 279 g/mol. The number of nitrogens with zero attached hydrogens (tertiary/aromatic N) is 1. The molecule has 0 aliphatic carbocycles. The van der Waals surface area contributed by atoms with Gasteiger partial charge in [0.25, 0.3) is 5.56 Å². The molecule has 0 radical (unpaired) electrons. The lowest BCUT2D eigenvalue weighted by atomic mass is 10.2. The Morgan fingerprint density at radius 1 is 1.35 bits per heavy atom. The maximum atomic E-state index is 11.8. The zero-order valence-corrected chi connectivity index (χ0v) is 12.6. The molecule has 20 heavy (non-hydrogen) atoms. The Morgan fingerprint density at radius 2 is 2.10 bits per heavy atom. The third kappa shape index (κ3) is 6.02. The van der Waals surface area contributed by atoms with Gasteiger partial charge in [-0.2, -0.15) is 0 Å². The van der Waals surface area contributed by atoms with E-state index in [9.17, 15) is 9.59 Å². The van der Waals surface area contributed by atoms with Gasteiger partial charge in [-0.3, -0.25) is 9.59 Å². The van der Waals surface area contributed by atoms with Crippen molar-refractivity contribution in [3.05, 3.63) is 28.7 Å². The van der Waals surface area contributed by atoms with E-state index in [4.69, 9.17) is 0 Å². The lowest BCUT2D eigenvalue weighted by Crippen LogP contribution is -2.25. The molecule has 0 fully saturated rings. The summed E-state index contributed by atoms with van der Waals surface area (Å²) in [6.07, 6.45) is 3.87. The lowest BCUT2D eigenvalue weighted by Gasteiger charge is -2.10. The first kappa shape index (κ1) is 16.4.